The molecule has 0 aliphatic carbocycles. The summed E-state index contributed by atoms with van der Waals surface area (Å²) in [6.07, 6.45) is 0. The van der Waals surface area contributed by atoms with Gasteiger partial charge in [-0.05, 0) is 42.8 Å². The van der Waals surface area contributed by atoms with E-state index in [0.29, 0.717) is 0 Å². The number of anilines is 1. The zero-order chi connectivity index (χ0) is 15.6. The average Bonchev–Trinajstić information content (AvgIpc) is 2.40. The molecule has 7 heteroatoms. The normalized spacial score (nSPS) is 11.1. The Labute approximate surface area is 121 Å². The smallest absolute Gasteiger partial charge is 0.335 e. The first-order chi connectivity index (χ1) is 9.79. The number of phenols is 1. The second-order valence-corrected chi connectivity index (χ2v) is 6.14. The molecule has 2 rings (SSSR count). The van der Waals surface area contributed by atoms with Gasteiger partial charge in [0.2, 0.25) is 0 Å². The molecule has 0 aromatic heterocycles. The molecule has 2 aromatic rings. The number of carbonyl (C=O) groups is 1. The molecule has 21 heavy (non-hydrogen) atoms. The lowest BCUT2D eigenvalue weighted by Gasteiger charge is -2.10. The summed E-state index contributed by atoms with van der Waals surface area (Å²) in [5.41, 5.74) is 0.566. The first kappa shape index (κ1) is 14.9. The van der Waals surface area contributed by atoms with Crippen LogP contribution in [0.25, 0.3) is 0 Å². The van der Waals surface area contributed by atoms with E-state index >= 15 is 0 Å². The maximum Gasteiger partial charge on any atom is 0.335 e. The second-order valence-electron chi connectivity index (χ2n) is 4.46. The molecule has 0 unspecified atom stereocenters. The van der Waals surface area contributed by atoms with E-state index in [0.717, 1.165) is 11.6 Å². The molecule has 0 atom stereocenters. The number of rotatable bonds is 4. The molecule has 2 aromatic carbocycles. The van der Waals surface area contributed by atoms with Crippen LogP contribution in [0, 0.1) is 6.92 Å². The predicted molar refractivity (Wildman–Crippen MR) is 77.1 cm³/mol. The minimum Gasteiger partial charge on any atom is -0.506 e. The van der Waals surface area contributed by atoms with Gasteiger partial charge in [-0.25, -0.2) is 13.2 Å². The zero-order valence-electron chi connectivity index (χ0n) is 11.1. The van der Waals surface area contributed by atoms with Gasteiger partial charge < -0.3 is 10.2 Å². The van der Waals surface area contributed by atoms with Crippen LogP contribution >= 0.6 is 0 Å². The van der Waals surface area contributed by atoms with Crippen LogP contribution in [0.3, 0.4) is 0 Å². The van der Waals surface area contributed by atoms with Gasteiger partial charge in [-0.1, -0.05) is 12.1 Å². The topological polar surface area (TPSA) is 104 Å². The van der Waals surface area contributed by atoms with Crippen LogP contribution in [0.2, 0.25) is 0 Å². The van der Waals surface area contributed by atoms with Crippen LogP contribution < -0.4 is 4.72 Å². The zero-order valence-corrected chi connectivity index (χ0v) is 11.9. The van der Waals surface area contributed by atoms with Crippen molar-refractivity contribution in [3.63, 3.8) is 0 Å². The molecule has 0 spiro atoms. The van der Waals surface area contributed by atoms with E-state index in [4.69, 9.17) is 5.11 Å². The molecular formula is C14H13NO5S. The molecule has 110 valence electrons. The number of benzene rings is 2. The van der Waals surface area contributed by atoms with Crippen molar-refractivity contribution in [2.75, 3.05) is 4.72 Å². The highest BCUT2D eigenvalue weighted by Crippen LogP contribution is 2.27. The lowest BCUT2D eigenvalue weighted by Crippen LogP contribution is -2.13. The summed E-state index contributed by atoms with van der Waals surface area (Å²) in [4.78, 5) is 10.8. The van der Waals surface area contributed by atoms with Crippen molar-refractivity contribution in [3.8, 4) is 5.75 Å². The van der Waals surface area contributed by atoms with Crippen molar-refractivity contribution < 1.29 is 23.4 Å². The summed E-state index contributed by atoms with van der Waals surface area (Å²) in [6.45, 7) is 1.76. The number of aromatic carboxylic acids is 1. The number of sulfonamides is 1. The van der Waals surface area contributed by atoms with Gasteiger partial charge in [-0.2, -0.15) is 0 Å². The van der Waals surface area contributed by atoms with Gasteiger partial charge in [-0.15, -0.1) is 0 Å². The largest absolute Gasteiger partial charge is 0.506 e. The summed E-state index contributed by atoms with van der Waals surface area (Å²) in [5.74, 6) is -1.66. The third kappa shape index (κ3) is 3.32. The van der Waals surface area contributed by atoms with E-state index in [-0.39, 0.29) is 16.1 Å². The number of hydrogen-bond donors (Lipinski definition) is 3. The Hall–Kier alpha value is -2.54. The van der Waals surface area contributed by atoms with Gasteiger partial charge in [0.15, 0.2) is 0 Å². The van der Waals surface area contributed by atoms with Crippen LogP contribution in [-0.2, 0) is 10.0 Å². The van der Waals surface area contributed by atoms with Gasteiger partial charge in [0.05, 0.1) is 16.1 Å². The first-order valence-corrected chi connectivity index (χ1v) is 7.44. The summed E-state index contributed by atoms with van der Waals surface area (Å²) in [7, 11) is -3.85. The SMILES string of the molecule is Cc1cccc(S(=O)(=O)Nc2ccc(C(=O)O)cc2O)c1. The molecule has 6 nitrogen and oxygen atoms in total. The summed E-state index contributed by atoms with van der Waals surface area (Å²) < 4.78 is 26.6. The Balaban J connectivity index is 2.35. The van der Waals surface area contributed by atoms with Crippen molar-refractivity contribution >= 4 is 21.7 Å². The molecule has 0 aliphatic rings. The molecule has 0 bridgehead atoms. The van der Waals surface area contributed by atoms with E-state index < -0.39 is 21.7 Å². The summed E-state index contributed by atoms with van der Waals surface area (Å²) >= 11 is 0. The third-order valence-corrected chi connectivity index (χ3v) is 4.15. The molecule has 0 aliphatic heterocycles. The number of nitrogens with one attached hydrogen (secondary N) is 1. The number of phenolic OH excluding ortho intramolecular Hbond substituents is 1. The highest BCUT2D eigenvalue weighted by molar-refractivity contribution is 7.92. The van der Waals surface area contributed by atoms with E-state index in [9.17, 15) is 18.3 Å². The number of aromatic hydroxyl groups is 1. The standard InChI is InChI=1S/C14H13NO5S/c1-9-3-2-4-11(7-9)21(19,20)15-12-6-5-10(14(17)18)8-13(12)16/h2-8,15-16H,1H3,(H,17,18). The molecule has 3 N–H and O–H groups in total. The molecule has 0 fully saturated rings. The lowest BCUT2D eigenvalue weighted by molar-refractivity contribution is 0.0696. The van der Waals surface area contributed by atoms with Crippen LogP contribution in [0.1, 0.15) is 15.9 Å². The molecule has 0 saturated carbocycles. The molecule has 0 saturated heterocycles. The second kappa shape index (κ2) is 5.45. The van der Waals surface area contributed by atoms with E-state index in [1.54, 1.807) is 19.1 Å². The number of hydrogen-bond acceptors (Lipinski definition) is 4. The summed E-state index contributed by atoms with van der Waals surface area (Å²) in [6, 6.07) is 9.68. The number of carboxylic acid groups (broad SMARTS) is 1. The molecule has 0 heterocycles. The van der Waals surface area contributed by atoms with Gasteiger partial charge in [0, 0.05) is 0 Å². The van der Waals surface area contributed by atoms with Crippen LogP contribution in [0.4, 0.5) is 5.69 Å². The third-order valence-electron chi connectivity index (χ3n) is 2.79. The van der Waals surface area contributed by atoms with Crippen molar-refractivity contribution in [1.29, 1.82) is 0 Å². The van der Waals surface area contributed by atoms with E-state index in [1.165, 1.54) is 24.3 Å². The van der Waals surface area contributed by atoms with Crippen LogP contribution in [-0.4, -0.2) is 24.6 Å². The fraction of sp³-hybridized carbons (Fsp3) is 0.0714. The highest BCUT2D eigenvalue weighted by atomic mass is 32.2. The van der Waals surface area contributed by atoms with Crippen molar-refractivity contribution in [2.24, 2.45) is 0 Å². The Kier molecular flexibility index (Phi) is 3.86. The van der Waals surface area contributed by atoms with Crippen LogP contribution in [0.15, 0.2) is 47.4 Å². The fourth-order valence-corrected chi connectivity index (χ4v) is 2.92. The average molecular weight is 307 g/mol. The Bertz CT molecular complexity index is 799. The monoisotopic (exact) mass is 307 g/mol. The maximum atomic E-state index is 12.2. The van der Waals surface area contributed by atoms with Gasteiger partial charge >= 0.3 is 5.97 Å². The highest BCUT2D eigenvalue weighted by Gasteiger charge is 2.17. The van der Waals surface area contributed by atoms with Gasteiger partial charge in [-0.3, -0.25) is 4.72 Å². The van der Waals surface area contributed by atoms with Crippen molar-refractivity contribution in [3.05, 3.63) is 53.6 Å². The van der Waals surface area contributed by atoms with Crippen molar-refractivity contribution in [2.45, 2.75) is 11.8 Å². The minimum absolute atomic E-state index is 0.0595. The quantitative estimate of drug-likeness (QED) is 0.751. The van der Waals surface area contributed by atoms with Crippen molar-refractivity contribution in [1.82, 2.24) is 0 Å². The molecule has 0 amide bonds. The maximum absolute atomic E-state index is 12.2. The Morgan fingerprint density at radius 1 is 1.14 bits per heavy atom. The van der Waals surface area contributed by atoms with Gasteiger partial charge in [0.1, 0.15) is 5.75 Å². The van der Waals surface area contributed by atoms with Gasteiger partial charge in [0.25, 0.3) is 10.0 Å². The predicted octanol–water partition coefficient (Wildman–Crippen LogP) is 2.20. The van der Waals surface area contributed by atoms with E-state index in [1.807, 2.05) is 0 Å². The number of carboxylic acids is 1. The summed E-state index contributed by atoms with van der Waals surface area (Å²) in [5, 5.41) is 18.5. The Morgan fingerprint density at radius 2 is 1.86 bits per heavy atom. The molecular weight excluding hydrogens is 294 g/mol. The minimum atomic E-state index is -3.85. The molecule has 0 radical (unpaired) electrons. The van der Waals surface area contributed by atoms with Crippen LogP contribution in [0.5, 0.6) is 5.75 Å². The van der Waals surface area contributed by atoms with E-state index in [2.05, 4.69) is 4.72 Å². The lowest BCUT2D eigenvalue weighted by atomic mass is 10.2. The first-order valence-electron chi connectivity index (χ1n) is 5.95. The Morgan fingerprint density at radius 3 is 2.43 bits per heavy atom. The number of aryl methyl sites for hydroxylation is 1. The fourth-order valence-electron chi connectivity index (χ4n) is 1.74.